The predicted molar refractivity (Wildman–Crippen MR) is 108 cm³/mol. The minimum Gasteiger partial charge on any atom is -0.337 e. The smallest absolute Gasteiger partial charge is 0.274 e. The molecule has 0 aliphatic carbocycles. The molecule has 29 heavy (non-hydrogen) atoms. The molecule has 5 rings (SSSR count). The maximum absolute atomic E-state index is 12.8. The molecule has 1 aromatic carbocycles. The number of aromatic nitrogens is 4. The Hall–Kier alpha value is -3.52. The number of amides is 1. The minimum absolute atomic E-state index is 0.121. The molecule has 1 saturated heterocycles. The molecule has 146 valence electrons. The standard InChI is InChI=1S/C21H20N6O2/c1-13-7-8-14(19-25-21(29-26-19)15-5-4-9-22-15)11-16(13)24-20(28)17-12-23-18-6-2-3-10-27(17)18/h2-3,6-8,10-12,15,22H,4-5,9H2,1H3,(H,24,28)/t15-/m1/s1. The van der Waals surface area contributed by atoms with Crippen molar-refractivity contribution in [1.29, 1.82) is 0 Å². The molecule has 0 bridgehead atoms. The van der Waals surface area contributed by atoms with Crippen LogP contribution in [0.1, 0.15) is 40.8 Å². The van der Waals surface area contributed by atoms with Gasteiger partial charge >= 0.3 is 0 Å². The van der Waals surface area contributed by atoms with Gasteiger partial charge in [0.15, 0.2) is 0 Å². The van der Waals surface area contributed by atoms with Gasteiger partial charge in [-0.2, -0.15) is 4.98 Å². The Kier molecular flexibility index (Phi) is 4.33. The second-order valence-electron chi connectivity index (χ2n) is 7.16. The molecule has 1 atom stereocenters. The zero-order chi connectivity index (χ0) is 19.8. The fourth-order valence-corrected chi connectivity index (χ4v) is 3.57. The lowest BCUT2D eigenvalue weighted by Crippen LogP contribution is -2.15. The number of hydrogen-bond acceptors (Lipinski definition) is 6. The van der Waals surface area contributed by atoms with Crippen molar-refractivity contribution in [3.63, 3.8) is 0 Å². The topological polar surface area (TPSA) is 97.4 Å². The lowest BCUT2D eigenvalue weighted by molar-refractivity contribution is 0.102. The molecule has 8 nitrogen and oxygen atoms in total. The summed E-state index contributed by atoms with van der Waals surface area (Å²) < 4.78 is 7.20. The Balaban J connectivity index is 1.41. The van der Waals surface area contributed by atoms with E-state index in [1.165, 1.54) is 0 Å². The Bertz CT molecular complexity index is 1190. The molecule has 1 aliphatic heterocycles. The number of nitrogens with one attached hydrogen (secondary N) is 2. The summed E-state index contributed by atoms with van der Waals surface area (Å²) in [7, 11) is 0. The highest BCUT2D eigenvalue weighted by Crippen LogP contribution is 2.27. The summed E-state index contributed by atoms with van der Waals surface area (Å²) in [6, 6.07) is 11.5. The average Bonchev–Trinajstić information content (AvgIpc) is 3.49. The molecule has 3 aromatic heterocycles. The maximum Gasteiger partial charge on any atom is 0.274 e. The molecule has 4 heterocycles. The van der Waals surface area contributed by atoms with E-state index in [2.05, 4.69) is 25.8 Å². The number of carbonyl (C=O) groups is 1. The number of aryl methyl sites for hydroxylation is 1. The Morgan fingerprint density at radius 3 is 3.10 bits per heavy atom. The van der Waals surface area contributed by atoms with Gasteiger partial charge in [-0.25, -0.2) is 4.98 Å². The second-order valence-corrected chi connectivity index (χ2v) is 7.16. The van der Waals surface area contributed by atoms with Gasteiger partial charge in [-0.3, -0.25) is 9.20 Å². The van der Waals surface area contributed by atoms with Gasteiger partial charge in [0.2, 0.25) is 11.7 Å². The normalized spacial score (nSPS) is 16.4. The lowest BCUT2D eigenvalue weighted by Gasteiger charge is -2.09. The minimum atomic E-state index is -0.229. The molecular formula is C21H20N6O2. The SMILES string of the molecule is Cc1ccc(-c2noc([C@H]3CCCN3)n2)cc1NC(=O)c1cnc2ccccn12. The third-order valence-corrected chi connectivity index (χ3v) is 5.19. The first-order valence-corrected chi connectivity index (χ1v) is 9.60. The van der Waals surface area contributed by atoms with E-state index in [0.717, 1.165) is 36.2 Å². The number of rotatable bonds is 4. The number of anilines is 1. The first-order valence-electron chi connectivity index (χ1n) is 9.60. The number of fused-ring (bicyclic) bond motifs is 1. The summed E-state index contributed by atoms with van der Waals surface area (Å²) in [5, 5.41) is 10.5. The highest BCUT2D eigenvalue weighted by molar-refractivity contribution is 6.04. The lowest BCUT2D eigenvalue weighted by atomic mass is 10.1. The summed E-state index contributed by atoms with van der Waals surface area (Å²) >= 11 is 0. The number of nitrogens with zero attached hydrogens (tertiary/aromatic N) is 4. The van der Waals surface area contributed by atoms with Crippen molar-refractivity contribution >= 4 is 17.2 Å². The molecule has 0 unspecified atom stereocenters. The van der Waals surface area contributed by atoms with Gasteiger partial charge in [-0.05, 0) is 50.1 Å². The van der Waals surface area contributed by atoms with Crippen LogP contribution in [-0.4, -0.2) is 32.0 Å². The van der Waals surface area contributed by atoms with Crippen LogP contribution in [0.25, 0.3) is 17.0 Å². The van der Waals surface area contributed by atoms with Crippen molar-refractivity contribution < 1.29 is 9.32 Å². The molecular weight excluding hydrogens is 368 g/mol. The van der Waals surface area contributed by atoms with Crippen molar-refractivity contribution in [3.8, 4) is 11.4 Å². The van der Waals surface area contributed by atoms with Crippen LogP contribution < -0.4 is 10.6 Å². The summed E-state index contributed by atoms with van der Waals surface area (Å²) in [6.07, 6.45) is 5.49. The summed E-state index contributed by atoms with van der Waals surface area (Å²) in [4.78, 5) is 21.6. The van der Waals surface area contributed by atoms with E-state index in [-0.39, 0.29) is 11.9 Å². The predicted octanol–water partition coefficient (Wildman–Crippen LogP) is 3.37. The molecule has 0 saturated carbocycles. The second kappa shape index (κ2) is 7.14. The number of carbonyl (C=O) groups excluding carboxylic acids is 1. The zero-order valence-corrected chi connectivity index (χ0v) is 15.9. The third kappa shape index (κ3) is 3.27. The van der Waals surface area contributed by atoms with E-state index in [9.17, 15) is 4.79 Å². The van der Waals surface area contributed by atoms with Crippen molar-refractivity contribution in [3.05, 3.63) is 65.9 Å². The molecule has 4 aromatic rings. The number of benzene rings is 1. The molecule has 1 aliphatic rings. The highest BCUT2D eigenvalue weighted by atomic mass is 16.5. The maximum atomic E-state index is 12.8. The molecule has 0 radical (unpaired) electrons. The van der Waals surface area contributed by atoms with Gasteiger partial charge in [0.05, 0.1) is 12.2 Å². The Morgan fingerprint density at radius 1 is 1.31 bits per heavy atom. The van der Waals surface area contributed by atoms with Crippen molar-refractivity contribution in [2.45, 2.75) is 25.8 Å². The zero-order valence-electron chi connectivity index (χ0n) is 15.9. The summed E-state index contributed by atoms with van der Waals surface area (Å²) in [5.41, 5.74) is 3.63. The van der Waals surface area contributed by atoms with Crippen LogP contribution in [0, 0.1) is 6.92 Å². The van der Waals surface area contributed by atoms with Crippen LogP contribution in [-0.2, 0) is 0 Å². The van der Waals surface area contributed by atoms with E-state index in [1.54, 1.807) is 10.6 Å². The highest BCUT2D eigenvalue weighted by Gasteiger charge is 2.23. The van der Waals surface area contributed by atoms with Crippen LogP contribution >= 0.6 is 0 Å². The fraction of sp³-hybridized carbons (Fsp3) is 0.238. The van der Waals surface area contributed by atoms with Gasteiger partial charge in [0.25, 0.3) is 5.91 Å². The van der Waals surface area contributed by atoms with Gasteiger partial charge in [-0.15, -0.1) is 0 Å². The number of hydrogen-bond donors (Lipinski definition) is 2. The fourth-order valence-electron chi connectivity index (χ4n) is 3.57. The molecule has 2 N–H and O–H groups in total. The van der Waals surface area contributed by atoms with Crippen molar-refractivity contribution in [1.82, 2.24) is 24.8 Å². The van der Waals surface area contributed by atoms with E-state index < -0.39 is 0 Å². The molecule has 8 heteroatoms. The third-order valence-electron chi connectivity index (χ3n) is 5.19. The van der Waals surface area contributed by atoms with Crippen LogP contribution in [0.3, 0.4) is 0 Å². The van der Waals surface area contributed by atoms with Crippen LogP contribution in [0.15, 0.2) is 53.3 Å². The summed E-state index contributed by atoms with van der Waals surface area (Å²) in [5.74, 6) is 0.890. The van der Waals surface area contributed by atoms with Gasteiger partial charge < -0.3 is 15.2 Å². The van der Waals surface area contributed by atoms with E-state index in [4.69, 9.17) is 4.52 Å². The monoisotopic (exact) mass is 388 g/mol. The first-order chi connectivity index (χ1) is 14.2. The Labute approximate surface area is 167 Å². The quantitative estimate of drug-likeness (QED) is 0.556. The number of pyridine rings is 1. The van der Waals surface area contributed by atoms with Crippen LogP contribution in [0.2, 0.25) is 0 Å². The first kappa shape index (κ1) is 17.6. The molecule has 1 fully saturated rings. The van der Waals surface area contributed by atoms with E-state index in [0.29, 0.717) is 23.1 Å². The van der Waals surface area contributed by atoms with Crippen molar-refractivity contribution in [2.24, 2.45) is 0 Å². The van der Waals surface area contributed by atoms with Crippen LogP contribution in [0.4, 0.5) is 5.69 Å². The van der Waals surface area contributed by atoms with E-state index in [1.807, 2.05) is 49.5 Å². The average molecular weight is 388 g/mol. The van der Waals surface area contributed by atoms with Crippen molar-refractivity contribution in [2.75, 3.05) is 11.9 Å². The Morgan fingerprint density at radius 2 is 2.24 bits per heavy atom. The molecule has 1 amide bonds. The van der Waals surface area contributed by atoms with Gasteiger partial charge in [0, 0.05) is 17.4 Å². The summed E-state index contributed by atoms with van der Waals surface area (Å²) in [6.45, 7) is 2.91. The van der Waals surface area contributed by atoms with Gasteiger partial charge in [0.1, 0.15) is 11.3 Å². The van der Waals surface area contributed by atoms with Gasteiger partial charge in [-0.1, -0.05) is 23.4 Å². The number of imidazole rings is 1. The van der Waals surface area contributed by atoms with E-state index >= 15 is 0 Å². The van der Waals surface area contributed by atoms with Crippen LogP contribution in [0.5, 0.6) is 0 Å². The largest absolute Gasteiger partial charge is 0.337 e. The molecule has 0 spiro atoms.